The van der Waals surface area contributed by atoms with Crippen LogP contribution in [0.25, 0.3) is 0 Å². The van der Waals surface area contributed by atoms with Crippen molar-refractivity contribution < 1.29 is 8.78 Å². The molecule has 1 aliphatic rings. The van der Waals surface area contributed by atoms with E-state index in [4.69, 9.17) is 0 Å². The van der Waals surface area contributed by atoms with Gasteiger partial charge in [0.1, 0.15) is 0 Å². The predicted molar refractivity (Wildman–Crippen MR) is 31.2 cm³/mol. The molecule has 0 aromatic carbocycles. The van der Waals surface area contributed by atoms with Gasteiger partial charge < -0.3 is 0 Å². The van der Waals surface area contributed by atoms with E-state index in [0.717, 1.165) is 12.8 Å². The zero-order valence-corrected chi connectivity index (χ0v) is 5.11. The van der Waals surface area contributed by atoms with Gasteiger partial charge in [0, 0.05) is 5.92 Å². The highest BCUT2D eigenvalue weighted by molar-refractivity contribution is 4.88. The summed E-state index contributed by atoms with van der Waals surface area (Å²) < 4.78 is 23.7. The highest BCUT2D eigenvalue weighted by atomic mass is 19.3. The van der Waals surface area contributed by atoms with Gasteiger partial charge in [-0.3, -0.25) is 0 Å². The molecule has 0 aromatic rings. The maximum absolute atomic E-state index is 11.8. The fourth-order valence-electron chi connectivity index (χ4n) is 0.957. The molecule has 1 radical (unpaired) electrons. The van der Waals surface area contributed by atoms with E-state index in [2.05, 4.69) is 6.08 Å². The Bertz CT molecular complexity index is 107. The van der Waals surface area contributed by atoms with Gasteiger partial charge in [-0.1, -0.05) is 6.08 Å². The molecule has 0 saturated carbocycles. The first-order chi connectivity index (χ1) is 4.30. The molecule has 0 N–H and O–H groups in total. The van der Waals surface area contributed by atoms with Crippen molar-refractivity contribution in [3.63, 3.8) is 0 Å². The van der Waals surface area contributed by atoms with Crippen molar-refractivity contribution in [2.45, 2.75) is 25.7 Å². The van der Waals surface area contributed by atoms with Crippen LogP contribution in [-0.2, 0) is 0 Å². The van der Waals surface area contributed by atoms with E-state index >= 15 is 0 Å². The van der Waals surface area contributed by atoms with Crippen molar-refractivity contribution >= 4 is 0 Å². The van der Waals surface area contributed by atoms with Crippen molar-refractivity contribution in [2.75, 3.05) is 0 Å². The summed E-state index contributed by atoms with van der Waals surface area (Å²) in [6, 6.07) is 0. The molecule has 1 unspecified atom stereocenters. The lowest BCUT2D eigenvalue weighted by Gasteiger charge is -2.13. The third-order valence-electron chi connectivity index (χ3n) is 1.51. The number of rotatable bonds is 1. The largest absolute Gasteiger partial charge is 0.244 e. The van der Waals surface area contributed by atoms with Crippen LogP contribution in [0.3, 0.4) is 0 Å². The zero-order valence-electron chi connectivity index (χ0n) is 5.11. The Morgan fingerprint density at radius 2 is 2.33 bits per heavy atom. The number of hydrogen-bond donors (Lipinski definition) is 0. The molecule has 0 amide bonds. The number of allylic oxidation sites excluding steroid dienone is 2. The lowest BCUT2D eigenvalue weighted by molar-refractivity contribution is 0.0924. The molecule has 0 aliphatic heterocycles. The molecule has 0 saturated heterocycles. The highest BCUT2D eigenvalue weighted by Gasteiger charge is 2.18. The molecular weight excluding hydrogens is 122 g/mol. The number of halogens is 2. The van der Waals surface area contributed by atoms with E-state index < -0.39 is 12.3 Å². The van der Waals surface area contributed by atoms with Crippen LogP contribution in [0.2, 0.25) is 0 Å². The average molecular weight is 131 g/mol. The summed E-state index contributed by atoms with van der Waals surface area (Å²) in [5.74, 6) is -0.515. The molecule has 0 spiro atoms. The second-order valence-electron chi connectivity index (χ2n) is 2.26. The Labute approximate surface area is 53.6 Å². The number of hydrogen-bond acceptors (Lipinski definition) is 0. The number of alkyl halides is 2. The minimum atomic E-state index is -2.18. The smallest absolute Gasteiger partial charge is 0.210 e. The fourth-order valence-corrected chi connectivity index (χ4v) is 0.957. The summed E-state index contributed by atoms with van der Waals surface area (Å²) in [4.78, 5) is 0. The Balaban J connectivity index is 2.40. The maximum atomic E-state index is 11.8. The van der Waals surface area contributed by atoms with E-state index in [-0.39, 0.29) is 0 Å². The van der Waals surface area contributed by atoms with E-state index in [1.165, 1.54) is 6.08 Å². The molecule has 9 heavy (non-hydrogen) atoms. The summed E-state index contributed by atoms with van der Waals surface area (Å²) in [5, 5.41) is 0. The van der Waals surface area contributed by atoms with Crippen molar-refractivity contribution in [3.05, 3.63) is 12.2 Å². The highest BCUT2D eigenvalue weighted by Crippen LogP contribution is 2.22. The zero-order chi connectivity index (χ0) is 6.69. The Morgan fingerprint density at radius 3 is 2.67 bits per heavy atom. The van der Waals surface area contributed by atoms with Gasteiger partial charge in [-0.25, -0.2) is 8.78 Å². The van der Waals surface area contributed by atoms with Crippen molar-refractivity contribution in [3.8, 4) is 0 Å². The molecule has 0 aromatic heterocycles. The fraction of sp³-hybridized carbons (Fsp3) is 0.714. The van der Waals surface area contributed by atoms with Gasteiger partial charge >= 0.3 is 0 Å². The van der Waals surface area contributed by atoms with Gasteiger partial charge in [0.2, 0.25) is 6.43 Å². The normalized spacial score (nSPS) is 27.2. The van der Waals surface area contributed by atoms with Crippen LogP contribution in [0.4, 0.5) is 8.78 Å². The SMILES string of the molecule is FC(F)C1C=[C]CCC1. The van der Waals surface area contributed by atoms with E-state index in [1.807, 2.05) is 0 Å². The van der Waals surface area contributed by atoms with Crippen LogP contribution in [-0.4, -0.2) is 6.43 Å². The predicted octanol–water partition coefficient (Wildman–Crippen LogP) is 2.41. The topological polar surface area (TPSA) is 0 Å². The molecule has 1 atom stereocenters. The summed E-state index contributed by atoms with van der Waals surface area (Å²) >= 11 is 0. The van der Waals surface area contributed by atoms with E-state index in [9.17, 15) is 8.78 Å². The molecule has 1 aliphatic carbocycles. The van der Waals surface area contributed by atoms with E-state index in [0.29, 0.717) is 6.42 Å². The van der Waals surface area contributed by atoms with Gasteiger partial charge in [0.15, 0.2) is 0 Å². The molecule has 0 bridgehead atoms. The minimum absolute atomic E-state index is 0.515. The first kappa shape index (κ1) is 6.72. The van der Waals surface area contributed by atoms with Crippen molar-refractivity contribution in [1.29, 1.82) is 0 Å². The van der Waals surface area contributed by atoms with Gasteiger partial charge in [0.05, 0.1) is 0 Å². The van der Waals surface area contributed by atoms with E-state index in [1.54, 1.807) is 0 Å². The summed E-state index contributed by atoms with van der Waals surface area (Å²) in [6.07, 6.45) is 4.48. The Hall–Kier alpha value is -0.400. The van der Waals surface area contributed by atoms with Crippen LogP contribution in [0.5, 0.6) is 0 Å². The average Bonchev–Trinajstić information content (AvgIpc) is 1.90. The molecule has 2 heteroatoms. The van der Waals surface area contributed by atoms with Crippen molar-refractivity contribution in [2.24, 2.45) is 5.92 Å². The standard InChI is InChI=1S/C7H9F2/c8-7(9)6-4-2-1-3-5-6/h5-7H,1-2,4H2. The van der Waals surface area contributed by atoms with Crippen LogP contribution < -0.4 is 0 Å². The molecule has 1 rings (SSSR count). The monoisotopic (exact) mass is 131 g/mol. The molecular formula is C7H9F2. The Morgan fingerprint density at radius 1 is 1.56 bits per heavy atom. The molecule has 0 heterocycles. The first-order valence-corrected chi connectivity index (χ1v) is 3.15. The first-order valence-electron chi connectivity index (χ1n) is 3.15. The maximum Gasteiger partial charge on any atom is 0.244 e. The third kappa shape index (κ3) is 1.77. The molecule has 0 fully saturated rings. The summed E-state index contributed by atoms with van der Waals surface area (Å²) in [5.41, 5.74) is 0. The summed E-state index contributed by atoms with van der Waals surface area (Å²) in [7, 11) is 0. The van der Waals surface area contributed by atoms with Crippen molar-refractivity contribution in [1.82, 2.24) is 0 Å². The van der Waals surface area contributed by atoms with Gasteiger partial charge in [-0.15, -0.1) is 0 Å². The van der Waals surface area contributed by atoms with Gasteiger partial charge in [-0.05, 0) is 25.3 Å². The second-order valence-corrected chi connectivity index (χ2v) is 2.26. The second kappa shape index (κ2) is 2.95. The van der Waals surface area contributed by atoms with Crippen LogP contribution in [0, 0.1) is 12.0 Å². The van der Waals surface area contributed by atoms with Crippen LogP contribution in [0.1, 0.15) is 19.3 Å². The molecule has 51 valence electrons. The third-order valence-corrected chi connectivity index (χ3v) is 1.51. The lowest BCUT2D eigenvalue weighted by Crippen LogP contribution is -2.10. The minimum Gasteiger partial charge on any atom is -0.210 e. The molecule has 0 nitrogen and oxygen atoms in total. The van der Waals surface area contributed by atoms with Gasteiger partial charge in [-0.2, -0.15) is 0 Å². The quantitative estimate of drug-likeness (QED) is 0.512. The lowest BCUT2D eigenvalue weighted by atomic mass is 9.97. The summed E-state index contributed by atoms with van der Waals surface area (Å²) in [6.45, 7) is 0. The Kier molecular flexibility index (Phi) is 2.20. The van der Waals surface area contributed by atoms with Crippen LogP contribution >= 0.6 is 0 Å². The van der Waals surface area contributed by atoms with Crippen LogP contribution in [0.15, 0.2) is 6.08 Å². The van der Waals surface area contributed by atoms with Gasteiger partial charge in [0.25, 0.3) is 0 Å².